The van der Waals surface area contributed by atoms with Gasteiger partial charge in [-0.1, -0.05) is 20.3 Å². The molecule has 90 valence electrons. The van der Waals surface area contributed by atoms with Crippen molar-refractivity contribution >= 4 is 0 Å². The van der Waals surface area contributed by atoms with Crippen molar-refractivity contribution < 1.29 is 0 Å². The molecule has 0 aliphatic carbocycles. The average Bonchev–Trinajstić information content (AvgIpc) is 2.29. The summed E-state index contributed by atoms with van der Waals surface area (Å²) in [6.07, 6.45) is 3.97. The molecule has 3 heteroatoms. The van der Waals surface area contributed by atoms with Crippen LogP contribution in [0.2, 0.25) is 0 Å². The lowest BCUT2D eigenvalue weighted by atomic mass is 10.1. The molecule has 1 atom stereocenters. The lowest BCUT2D eigenvalue weighted by Crippen LogP contribution is -2.49. The minimum Gasteiger partial charge on any atom is -0.317 e. The van der Waals surface area contributed by atoms with Crippen LogP contribution in [0, 0.1) is 0 Å². The molecule has 1 heterocycles. The quantitative estimate of drug-likeness (QED) is 0.619. The van der Waals surface area contributed by atoms with Crippen molar-refractivity contribution in [3.63, 3.8) is 0 Å². The van der Waals surface area contributed by atoms with Crippen molar-refractivity contribution in [3.05, 3.63) is 0 Å². The van der Waals surface area contributed by atoms with Crippen molar-refractivity contribution in [3.8, 4) is 0 Å². The van der Waals surface area contributed by atoms with E-state index in [4.69, 9.17) is 0 Å². The summed E-state index contributed by atoms with van der Waals surface area (Å²) in [6, 6.07) is 0.802. The van der Waals surface area contributed by atoms with Crippen LogP contribution in [0.1, 0.15) is 33.1 Å². The van der Waals surface area contributed by atoms with Crippen LogP contribution >= 0.6 is 0 Å². The molecule has 1 unspecified atom stereocenters. The van der Waals surface area contributed by atoms with Crippen LogP contribution < -0.4 is 10.6 Å². The SMILES string of the molecule is CCCC(CCNCC)N1CCNCC1. The van der Waals surface area contributed by atoms with Crippen LogP contribution in [0.4, 0.5) is 0 Å². The number of hydrogen-bond donors (Lipinski definition) is 2. The van der Waals surface area contributed by atoms with Gasteiger partial charge in [0.05, 0.1) is 0 Å². The predicted molar refractivity (Wildman–Crippen MR) is 66.3 cm³/mol. The fraction of sp³-hybridized carbons (Fsp3) is 1.00. The largest absolute Gasteiger partial charge is 0.317 e. The highest BCUT2D eigenvalue weighted by Crippen LogP contribution is 2.11. The molecule has 0 aromatic rings. The monoisotopic (exact) mass is 213 g/mol. The first kappa shape index (κ1) is 12.9. The van der Waals surface area contributed by atoms with Gasteiger partial charge in [0.1, 0.15) is 0 Å². The molecule has 0 aromatic heterocycles. The Morgan fingerprint density at radius 1 is 1.20 bits per heavy atom. The van der Waals surface area contributed by atoms with Gasteiger partial charge >= 0.3 is 0 Å². The number of hydrogen-bond acceptors (Lipinski definition) is 3. The van der Waals surface area contributed by atoms with E-state index in [1.165, 1.54) is 52.0 Å². The van der Waals surface area contributed by atoms with Gasteiger partial charge in [0.2, 0.25) is 0 Å². The van der Waals surface area contributed by atoms with E-state index in [0.29, 0.717) is 0 Å². The molecule has 1 fully saturated rings. The Kier molecular flexibility index (Phi) is 6.98. The highest BCUT2D eigenvalue weighted by molar-refractivity contribution is 4.77. The van der Waals surface area contributed by atoms with Crippen LogP contribution in [-0.2, 0) is 0 Å². The topological polar surface area (TPSA) is 27.3 Å². The second kappa shape index (κ2) is 8.08. The molecule has 0 aromatic carbocycles. The fourth-order valence-corrected chi connectivity index (χ4v) is 2.34. The van der Waals surface area contributed by atoms with E-state index < -0.39 is 0 Å². The van der Waals surface area contributed by atoms with Crippen molar-refractivity contribution in [2.75, 3.05) is 39.3 Å². The van der Waals surface area contributed by atoms with E-state index in [-0.39, 0.29) is 0 Å². The Balaban J connectivity index is 2.26. The normalized spacial score (nSPS) is 20.4. The molecule has 1 aliphatic heterocycles. The summed E-state index contributed by atoms with van der Waals surface area (Å²) in [6.45, 7) is 11.5. The predicted octanol–water partition coefficient (Wildman–Crippen LogP) is 1.06. The summed E-state index contributed by atoms with van der Waals surface area (Å²) >= 11 is 0. The molecular formula is C12H27N3. The van der Waals surface area contributed by atoms with Crippen LogP contribution in [0.25, 0.3) is 0 Å². The molecule has 0 radical (unpaired) electrons. The minimum absolute atomic E-state index is 0.802. The first-order valence-corrected chi connectivity index (χ1v) is 6.54. The van der Waals surface area contributed by atoms with E-state index >= 15 is 0 Å². The number of nitrogens with one attached hydrogen (secondary N) is 2. The molecule has 0 spiro atoms. The Hall–Kier alpha value is -0.120. The number of nitrogens with zero attached hydrogens (tertiary/aromatic N) is 1. The third kappa shape index (κ3) is 4.96. The maximum absolute atomic E-state index is 3.43. The standard InChI is InChI=1S/C12H27N3/c1-3-5-12(6-7-13-4-2)15-10-8-14-9-11-15/h12-14H,3-11H2,1-2H3. The van der Waals surface area contributed by atoms with E-state index in [9.17, 15) is 0 Å². The lowest BCUT2D eigenvalue weighted by molar-refractivity contribution is 0.155. The summed E-state index contributed by atoms with van der Waals surface area (Å²) in [7, 11) is 0. The first-order valence-electron chi connectivity index (χ1n) is 6.54. The van der Waals surface area contributed by atoms with E-state index in [1.807, 2.05) is 0 Å². The molecule has 15 heavy (non-hydrogen) atoms. The third-order valence-electron chi connectivity index (χ3n) is 3.19. The third-order valence-corrected chi connectivity index (χ3v) is 3.19. The second-order valence-corrected chi connectivity index (χ2v) is 4.37. The van der Waals surface area contributed by atoms with Crippen LogP contribution in [0.15, 0.2) is 0 Å². The van der Waals surface area contributed by atoms with E-state index in [1.54, 1.807) is 0 Å². The molecule has 1 rings (SSSR count). The zero-order valence-electron chi connectivity index (χ0n) is 10.4. The Bertz CT molecular complexity index is 144. The van der Waals surface area contributed by atoms with Gasteiger partial charge in [-0.25, -0.2) is 0 Å². The number of piperazine rings is 1. The summed E-state index contributed by atoms with van der Waals surface area (Å²) in [5.74, 6) is 0. The first-order chi connectivity index (χ1) is 7.38. The fourth-order valence-electron chi connectivity index (χ4n) is 2.34. The van der Waals surface area contributed by atoms with Gasteiger partial charge in [0, 0.05) is 32.2 Å². The molecule has 2 N–H and O–H groups in total. The molecule has 0 saturated carbocycles. The second-order valence-electron chi connectivity index (χ2n) is 4.37. The van der Waals surface area contributed by atoms with Crippen LogP contribution in [0.5, 0.6) is 0 Å². The molecule has 1 aliphatic rings. The van der Waals surface area contributed by atoms with Gasteiger partial charge in [0.15, 0.2) is 0 Å². The van der Waals surface area contributed by atoms with Crippen molar-refractivity contribution in [2.24, 2.45) is 0 Å². The van der Waals surface area contributed by atoms with Crippen molar-refractivity contribution in [1.29, 1.82) is 0 Å². The van der Waals surface area contributed by atoms with Crippen molar-refractivity contribution in [2.45, 2.75) is 39.2 Å². The molecule has 0 amide bonds. The van der Waals surface area contributed by atoms with Crippen molar-refractivity contribution in [1.82, 2.24) is 15.5 Å². The smallest absolute Gasteiger partial charge is 0.0110 e. The summed E-state index contributed by atoms with van der Waals surface area (Å²) in [5, 5.41) is 6.86. The summed E-state index contributed by atoms with van der Waals surface area (Å²) in [4.78, 5) is 2.66. The number of rotatable bonds is 7. The van der Waals surface area contributed by atoms with Gasteiger partial charge in [-0.2, -0.15) is 0 Å². The minimum atomic E-state index is 0.802. The van der Waals surface area contributed by atoms with Gasteiger partial charge in [-0.3, -0.25) is 4.90 Å². The zero-order chi connectivity index (χ0) is 10.9. The maximum Gasteiger partial charge on any atom is 0.0110 e. The van der Waals surface area contributed by atoms with Gasteiger partial charge in [-0.15, -0.1) is 0 Å². The lowest BCUT2D eigenvalue weighted by Gasteiger charge is -2.35. The molecule has 3 nitrogen and oxygen atoms in total. The zero-order valence-corrected chi connectivity index (χ0v) is 10.4. The van der Waals surface area contributed by atoms with Gasteiger partial charge in [-0.05, 0) is 25.9 Å². The summed E-state index contributed by atoms with van der Waals surface area (Å²) < 4.78 is 0. The Labute approximate surface area is 94.6 Å². The molecule has 1 saturated heterocycles. The van der Waals surface area contributed by atoms with Gasteiger partial charge in [0.25, 0.3) is 0 Å². The highest BCUT2D eigenvalue weighted by atomic mass is 15.2. The maximum atomic E-state index is 3.43. The average molecular weight is 213 g/mol. The molecular weight excluding hydrogens is 186 g/mol. The van der Waals surface area contributed by atoms with Crippen LogP contribution in [0.3, 0.4) is 0 Å². The van der Waals surface area contributed by atoms with E-state index in [0.717, 1.165) is 12.6 Å². The molecule has 0 bridgehead atoms. The Morgan fingerprint density at radius 2 is 1.93 bits per heavy atom. The Morgan fingerprint density at radius 3 is 2.53 bits per heavy atom. The van der Waals surface area contributed by atoms with E-state index in [2.05, 4.69) is 29.4 Å². The highest BCUT2D eigenvalue weighted by Gasteiger charge is 2.18. The summed E-state index contributed by atoms with van der Waals surface area (Å²) in [5.41, 5.74) is 0. The van der Waals surface area contributed by atoms with Gasteiger partial charge < -0.3 is 10.6 Å². The van der Waals surface area contributed by atoms with Crippen LogP contribution in [-0.4, -0.2) is 50.2 Å².